The largest absolute Gasteiger partial charge is 0.338 e. The number of benzene rings is 1. The predicted octanol–water partition coefficient (Wildman–Crippen LogP) is 3.53. The number of hydrogen-bond donors (Lipinski definition) is 0. The van der Waals surface area contributed by atoms with E-state index in [9.17, 15) is 4.79 Å². The van der Waals surface area contributed by atoms with Crippen molar-refractivity contribution < 1.29 is 4.79 Å². The van der Waals surface area contributed by atoms with Gasteiger partial charge in [-0.1, -0.05) is 47.2 Å². The van der Waals surface area contributed by atoms with E-state index in [0.29, 0.717) is 10.6 Å². The second-order valence-corrected chi connectivity index (χ2v) is 6.28. The first-order valence-electron chi connectivity index (χ1n) is 7.44. The number of aryl methyl sites for hydroxylation is 1. The Labute approximate surface area is 129 Å². The molecule has 1 fully saturated rings. The summed E-state index contributed by atoms with van der Waals surface area (Å²) in [4.78, 5) is 15.4. The van der Waals surface area contributed by atoms with Gasteiger partial charge in [-0.2, -0.15) is 0 Å². The molecule has 0 bridgehead atoms. The molecular weight excluding hydrogens is 282 g/mol. The molecule has 5 heteroatoms. The van der Waals surface area contributed by atoms with Gasteiger partial charge in [0.2, 0.25) is 0 Å². The molecule has 2 heterocycles. The number of amides is 1. The number of nitrogens with zero attached hydrogens (tertiary/aromatic N) is 3. The van der Waals surface area contributed by atoms with Crippen LogP contribution in [0.3, 0.4) is 0 Å². The smallest absolute Gasteiger partial charge is 0.267 e. The summed E-state index contributed by atoms with van der Waals surface area (Å²) in [7, 11) is 0. The van der Waals surface area contributed by atoms with Gasteiger partial charge in [0.05, 0.1) is 0 Å². The Kier molecular flexibility index (Phi) is 4.29. The molecular formula is C16H19N3OS. The molecule has 1 saturated heterocycles. The van der Waals surface area contributed by atoms with Crippen molar-refractivity contribution in [3.63, 3.8) is 0 Å². The molecule has 4 nitrogen and oxygen atoms in total. The highest BCUT2D eigenvalue weighted by atomic mass is 32.1. The average Bonchev–Trinajstić information content (AvgIpc) is 2.82. The normalized spacial score (nSPS) is 15.8. The van der Waals surface area contributed by atoms with E-state index in [1.165, 1.54) is 29.9 Å². The third-order valence-electron chi connectivity index (χ3n) is 3.90. The zero-order valence-electron chi connectivity index (χ0n) is 12.2. The Morgan fingerprint density at radius 2 is 1.76 bits per heavy atom. The zero-order valence-corrected chi connectivity index (χ0v) is 13.0. The van der Waals surface area contributed by atoms with Crippen molar-refractivity contribution in [2.45, 2.75) is 32.6 Å². The van der Waals surface area contributed by atoms with Crippen LogP contribution in [0.1, 0.15) is 40.9 Å². The quantitative estimate of drug-likeness (QED) is 0.852. The monoisotopic (exact) mass is 301 g/mol. The maximum absolute atomic E-state index is 12.7. The molecule has 21 heavy (non-hydrogen) atoms. The van der Waals surface area contributed by atoms with Crippen molar-refractivity contribution in [2.75, 3.05) is 13.1 Å². The second-order valence-electron chi connectivity index (χ2n) is 5.52. The molecule has 0 spiro atoms. The Morgan fingerprint density at radius 3 is 2.43 bits per heavy atom. The Morgan fingerprint density at radius 1 is 1.10 bits per heavy atom. The van der Waals surface area contributed by atoms with Crippen LogP contribution < -0.4 is 0 Å². The van der Waals surface area contributed by atoms with Gasteiger partial charge in [0.25, 0.3) is 5.91 Å². The van der Waals surface area contributed by atoms with Gasteiger partial charge in [0.1, 0.15) is 10.6 Å². The van der Waals surface area contributed by atoms with Gasteiger partial charge in [-0.05, 0) is 31.3 Å². The molecule has 3 rings (SSSR count). The summed E-state index contributed by atoms with van der Waals surface area (Å²) in [6.45, 7) is 3.75. The molecule has 1 aliphatic heterocycles. The summed E-state index contributed by atoms with van der Waals surface area (Å²) in [5.74, 6) is 0.0856. The summed E-state index contributed by atoms with van der Waals surface area (Å²) >= 11 is 1.20. The summed E-state index contributed by atoms with van der Waals surface area (Å²) in [5, 5.41) is 4.18. The van der Waals surface area contributed by atoms with Gasteiger partial charge in [0, 0.05) is 18.7 Å². The highest BCUT2D eigenvalue weighted by Crippen LogP contribution is 2.26. The van der Waals surface area contributed by atoms with E-state index in [1.54, 1.807) is 0 Å². The van der Waals surface area contributed by atoms with Crippen LogP contribution in [0.15, 0.2) is 24.3 Å². The highest BCUT2D eigenvalue weighted by Gasteiger charge is 2.23. The molecule has 1 aromatic carbocycles. The summed E-state index contributed by atoms with van der Waals surface area (Å²) in [6, 6.07) is 8.08. The zero-order chi connectivity index (χ0) is 14.7. The van der Waals surface area contributed by atoms with Crippen LogP contribution in [0.5, 0.6) is 0 Å². The van der Waals surface area contributed by atoms with Crippen LogP contribution in [0, 0.1) is 6.92 Å². The van der Waals surface area contributed by atoms with Crippen LogP contribution in [0.25, 0.3) is 11.3 Å². The molecule has 0 N–H and O–H groups in total. The molecule has 0 aliphatic carbocycles. The molecule has 1 aromatic heterocycles. The lowest BCUT2D eigenvalue weighted by molar-refractivity contribution is 0.0767. The van der Waals surface area contributed by atoms with E-state index in [0.717, 1.165) is 31.5 Å². The minimum atomic E-state index is 0.0856. The molecule has 1 aliphatic rings. The van der Waals surface area contributed by atoms with Crippen LogP contribution in [-0.2, 0) is 0 Å². The SMILES string of the molecule is Cc1ccc(-c2nnsc2C(=O)N2CCCCCC2)cc1. The summed E-state index contributed by atoms with van der Waals surface area (Å²) in [5.41, 5.74) is 2.88. The van der Waals surface area contributed by atoms with Crippen molar-refractivity contribution in [1.29, 1.82) is 0 Å². The third kappa shape index (κ3) is 3.13. The molecule has 2 aromatic rings. The van der Waals surface area contributed by atoms with E-state index >= 15 is 0 Å². The molecule has 110 valence electrons. The second kappa shape index (κ2) is 6.35. The lowest BCUT2D eigenvalue weighted by atomic mass is 10.1. The van der Waals surface area contributed by atoms with Crippen LogP contribution >= 0.6 is 11.5 Å². The van der Waals surface area contributed by atoms with Gasteiger partial charge in [0.15, 0.2) is 0 Å². The van der Waals surface area contributed by atoms with Crippen molar-refractivity contribution in [1.82, 2.24) is 14.5 Å². The standard InChI is InChI=1S/C16H19N3OS/c1-12-6-8-13(9-7-12)14-15(21-18-17-14)16(20)19-10-4-2-3-5-11-19/h6-9H,2-5,10-11H2,1H3. The molecule has 1 amide bonds. The number of carbonyl (C=O) groups excluding carboxylic acids is 1. The number of likely N-dealkylation sites (tertiary alicyclic amines) is 1. The summed E-state index contributed by atoms with van der Waals surface area (Å²) < 4.78 is 4.00. The van der Waals surface area contributed by atoms with E-state index in [4.69, 9.17) is 0 Å². The first-order chi connectivity index (χ1) is 10.3. The lowest BCUT2D eigenvalue weighted by Gasteiger charge is -2.19. The van der Waals surface area contributed by atoms with Crippen molar-refractivity contribution in [3.05, 3.63) is 34.7 Å². The average molecular weight is 301 g/mol. The van der Waals surface area contributed by atoms with Gasteiger partial charge in [-0.25, -0.2) is 0 Å². The van der Waals surface area contributed by atoms with E-state index in [2.05, 4.69) is 9.59 Å². The van der Waals surface area contributed by atoms with Crippen molar-refractivity contribution in [2.24, 2.45) is 0 Å². The topological polar surface area (TPSA) is 46.1 Å². The predicted molar refractivity (Wildman–Crippen MR) is 84.5 cm³/mol. The first kappa shape index (κ1) is 14.2. The molecule has 0 radical (unpaired) electrons. The van der Waals surface area contributed by atoms with Crippen molar-refractivity contribution in [3.8, 4) is 11.3 Å². The Bertz CT molecular complexity index is 613. The number of hydrogen-bond acceptors (Lipinski definition) is 4. The molecule has 0 saturated carbocycles. The van der Waals surface area contributed by atoms with Gasteiger partial charge < -0.3 is 4.90 Å². The Hall–Kier alpha value is -1.75. The number of carbonyl (C=O) groups is 1. The van der Waals surface area contributed by atoms with Crippen LogP contribution in [-0.4, -0.2) is 33.5 Å². The van der Waals surface area contributed by atoms with E-state index in [1.807, 2.05) is 36.1 Å². The first-order valence-corrected chi connectivity index (χ1v) is 8.22. The fourth-order valence-corrected chi connectivity index (χ4v) is 3.31. The maximum atomic E-state index is 12.7. The van der Waals surface area contributed by atoms with Crippen LogP contribution in [0.2, 0.25) is 0 Å². The fraction of sp³-hybridized carbons (Fsp3) is 0.438. The minimum absolute atomic E-state index is 0.0856. The van der Waals surface area contributed by atoms with Crippen molar-refractivity contribution >= 4 is 17.4 Å². The highest BCUT2D eigenvalue weighted by molar-refractivity contribution is 7.08. The number of aromatic nitrogens is 2. The Balaban J connectivity index is 1.87. The fourth-order valence-electron chi connectivity index (χ4n) is 2.65. The van der Waals surface area contributed by atoms with Crippen LogP contribution in [0.4, 0.5) is 0 Å². The van der Waals surface area contributed by atoms with Gasteiger partial charge >= 0.3 is 0 Å². The lowest BCUT2D eigenvalue weighted by Crippen LogP contribution is -2.31. The maximum Gasteiger partial charge on any atom is 0.267 e. The van der Waals surface area contributed by atoms with Gasteiger partial charge in [-0.15, -0.1) is 5.10 Å². The number of rotatable bonds is 2. The third-order valence-corrected chi connectivity index (χ3v) is 4.61. The van der Waals surface area contributed by atoms with E-state index < -0.39 is 0 Å². The van der Waals surface area contributed by atoms with Gasteiger partial charge in [-0.3, -0.25) is 4.79 Å². The molecule has 0 atom stereocenters. The molecule has 0 unspecified atom stereocenters. The van der Waals surface area contributed by atoms with E-state index in [-0.39, 0.29) is 5.91 Å². The summed E-state index contributed by atoms with van der Waals surface area (Å²) in [6.07, 6.45) is 4.63. The minimum Gasteiger partial charge on any atom is -0.338 e.